The van der Waals surface area contributed by atoms with Crippen LogP contribution in [-0.4, -0.2) is 30.7 Å². The molecular weight excluding hydrogens is 595 g/mol. The summed E-state index contributed by atoms with van der Waals surface area (Å²) in [5, 5.41) is 24.5. The van der Waals surface area contributed by atoms with Crippen LogP contribution >= 0.6 is 24.0 Å². The van der Waals surface area contributed by atoms with E-state index >= 15 is 0 Å². The Morgan fingerprint density at radius 2 is 1.59 bits per heavy atom. The zero-order chi connectivity index (χ0) is 31.0. The quantitative estimate of drug-likeness (QED) is 0.104. The Balaban J connectivity index is 1.37. The van der Waals surface area contributed by atoms with Crippen molar-refractivity contribution in [1.29, 1.82) is 0 Å². The third-order valence-corrected chi connectivity index (χ3v) is 8.99. The summed E-state index contributed by atoms with van der Waals surface area (Å²) in [7, 11) is 0. The van der Waals surface area contributed by atoms with E-state index in [9.17, 15) is 20.0 Å². The Bertz CT molecular complexity index is 1860. The van der Waals surface area contributed by atoms with E-state index in [4.69, 9.17) is 12.2 Å². The molecule has 0 bridgehead atoms. The first kappa shape index (κ1) is 29.1. The fraction of sp³-hybridized carbons (Fsp3) is 0.121. The van der Waals surface area contributed by atoms with E-state index in [0.717, 1.165) is 43.8 Å². The Hall–Kier alpha value is -5.00. The van der Waals surface area contributed by atoms with Crippen molar-refractivity contribution in [3.8, 4) is 5.69 Å². The molecule has 6 rings (SSSR count). The van der Waals surface area contributed by atoms with Crippen molar-refractivity contribution in [2.45, 2.75) is 35.7 Å². The number of pyridine rings is 1. The van der Waals surface area contributed by atoms with E-state index in [0.29, 0.717) is 5.11 Å². The number of hydrogen-bond donors (Lipinski definition) is 2. The minimum atomic E-state index is -0.963. The van der Waals surface area contributed by atoms with Gasteiger partial charge in [0, 0.05) is 50.9 Å². The first-order valence-corrected chi connectivity index (χ1v) is 15.0. The third-order valence-electron chi connectivity index (χ3n) is 7.66. The maximum absolute atomic E-state index is 11.4. The minimum absolute atomic E-state index is 0.0601. The number of hydrogen-bond acceptors (Lipinski definition) is 6. The number of carbonyl (C=O) groups is 1. The molecule has 0 spiro atoms. The van der Waals surface area contributed by atoms with Crippen molar-refractivity contribution in [1.82, 2.24) is 14.9 Å². The number of nitro benzene ring substituents is 1. The molecule has 0 unspecified atom stereocenters. The van der Waals surface area contributed by atoms with Crippen molar-refractivity contribution in [3.05, 3.63) is 142 Å². The maximum Gasteiger partial charge on any atom is 0.335 e. The van der Waals surface area contributed by atoms with Crippen LogP contribution in [0.5, 0.6) is 0 Å². The summed E-state index contributed by atoms with van der Waals surface area (Å²) in [5.74, 6) is -0.963. The van der Waals surface area contributed by atoms with Gasteiger partial charge in [-0.05, 0) is 110 Å². The lowest BCUT2D eigenvalue weighted by atomic mass is 9.96. The molecule has 11 heteroatoms. The summed E-state index contributed by atoms with van der Waals surface area (Å²) >= 11 is 7.45. The lowest BCUT2D eigenvalue weighted by molar-refractivity contribution is -0.384. The summed E-state index contributed by atoms with van der Waals surface area (Å²) in [5.41, 5.74) is 6.03. The molecule has 3 aromatic carbocycles. The Labute approximate surface area is 263 Å². The molecule has 1 aliphatic heterocycles. The fourth-order valence-electron chi connectivity index (χ4n) is 5.63. The largest absolute Gasteiger partial charge is 0.478 e. The van der Waals surface area contributed by atoms with Crippen LogP contribution in [0.3, 0.4) is 0 Å². The lowest BCUT2D eigenvalue weighted by Gasteiger charge is -2.28. The molecule has 1 saturated heterocycles. The lowest BCUT2D eigenvalue weighted by Crippen LogP contribution is -2.29. The number of non-ortho nitro benzene ring substituents is 1. The summed E-state index contributed by atoms with van der Waals surface area (Å²) in [6.07, 6.45) is 1.78. The monoisotopic (exact) mass is 621 g/mol. The van der Waals surface area contributed by atoms with E-state index in [1.165, 1.54) is 23.9 Å². The van der Waals surface area contributed by atoms with Crippen LogP contribution in [-0.2, 0) is 0 Å². The summed E-state index contributed by atoms with van der Waals surface area (Å²) < 4.78 is 2.12. The fourth-order valence-corrected chi connectivity index (χ4v) is 6.80. The predicted molar refractivity (Wildman–Crippen MR) is 174 cm³/mol. The van der Waals surface area contributed by atoms with Crippen LogP contribution in [0.15, 0.2) is 113 Å². The van der Waals surface area contributed by atoms with Crippen LogP contribution in [0, 0.1) is 24.0 Å². The number of anilines is 1. The van der Waals surface area contributed by atoms with Crippen molar-refractivity contribution in [3.63, 3.8) is 0 Å². The number of nitrogens with zero attached hydrogens (tertiary/aromatic N) is 4. The number of benzene rings is 3. The first-order valence-electron chi connectivity index (χ1n) is 13.8. The van der Waals surface area contributed by atoms with Gasteiger partial charge < -0.3 is 19.9 Å². The molecule has 220 valence electrons. The van der Waals surface area contributed by atoms with Crippen molar-refractivity contribution < 1.29 is 14.8 Å². The van der Waals surface area contributed by atoms with E-state index in [-0.39, 0.29) is 23.3 Å². The molecule has 2 atom stereocenters. The molecule has 0 radical (unpaired) electrons. The number of aromatic nitrogens is 2. The topological polar surface area (TPSA) is 114 Å². The van der Waals surface area contributed by atoms with Crippen LogP contribution in [0.25, 0.3) is 5.69 Å². The van der Waals surface area contributed by atoms with Gasteiger partial charge in [0.05, 0.1) is 28.3 Å². The molecular formula is C33H27N5O4S2. The number of aromatic carboxylic acids is 1. The zero-order valence-corrected chi connectivity index (χ0v) is 25.4. The Kier molecular flexibility index (Phi) is 7.90. The van der Waals surface area contributed by atoms with Gasteiger partial charge in [-0.2, -0.15) is 0 Å². The summed E-state index contributed by atoms with van der Waals surface area (Å²) in [6, 6.07) is 29.0. The minimum Gasteiger partial charge on any atom is -0.478 e. The van der Waals surface area contributed by atoms with Gasteiger partial charge in [0.25, 0.3) is 5.69 Å². The van der Waals surface area contributed by atoms with Gasteiger partial charge in [-0.25, -0.2) is 4.79 Å². The number of nitro groups is 1. The number of thiocarbonyl (C=S) groups is 1. The highest BCUT2D eigenvalue weighted by molar-refractivity contribution is 7.99. The van der Waals surface area contributed by atoms with Crippen molar-refractivity contribution in [2.24, 2.45) is 0 Å². The molecule has 2 aromatic heterocycles. The highest BCUT2D eigenvalue weighted by Gasteiger charge is 2.42. The molecule has 2 N–H and O–H groups in total. The maximum atomic E-state index is 11.4. The van der Waals surface area contributed by atoms with E-state index in [2.05, 4.69) is 32.8 Å². The van der Waals surface area contributed by atoms with Crippen LogP contribution < -0.4 is 10.2 Å². The van der Waals surface area contributed by atoms with Gasteiger partial charge in [0.15, 0.2) is 5.11 Å². The van der Waals surface area contributed by atoms with Crippen molar-refractivity contribution in [2.75, 3.05) is 4.90 Å². The molecule has 5 aromatic rings. The first-order chi connectivity index (χ1) is 21.2. The van der Waals surface area contributed by atoms with Crippen LogP contribution in [0.4, 0.5) is 11.4 Å². The average Bonchev–Trinajstić information content (AvgIpc) is 3.52. The number of nitrogens with one attached hydrogen (secondary N) is 1. The van der Waals surface area contributed by atoms with Crippen LogP contribution in [0.1, 0.15) is 45.1 Å². The number of rotatable bonds is 8. The standard InChI is InChI=1S/C33H27N5O4S2/c1-20-19-28(21(2)36(20)23-8-6-22(7-9-23)32(39)40)31-30(29-5-3-4-18-34-29)35-33(43)37(31)24-10-14-26(15-11-24)44-27-16-12-25(13-17-27)38(41)42/h3-19,30-31H,1-2H3,(H,35,43)(H,39,40)/t30-,31+/m0/s1. The van der Waals surface area contributed by atoms with Gasteiger partial charge in [0.1, 0.15) is 0 Å². The second-order valence-corrected chi connectivity index (χ2v) is 11.9. The highest BCUT2D eigenvalue weighted by Crippen LogP contribution is 2.44. The van der Waals surface area contributed by atoms with E-state index < -0.39 is 10.9 Å². The average molecular weight is 622 g/mol. The van der Waals surface area contributed by atoms with E-state index in [1.807, 2.05) is 61.5 Å². The predicted octanol–water partition coefficient (Wildman–Crippen LogP) is 7.42. The van der Waals surface area contributed by atoms with Gasteiger partial charge in [-0.3, -0.25) is 15.1 Å². The normalized spacial score (nSPS) is 16.1. The second kappa shape index (κ2) is 11.9. The molecule has 0 aliphatic carbocycles. The Morgan fingerprint density at radius 1 is 0.955 bits per heavy atom. The summed E-state index contributed by atoms with van der Waals surface area (Å²) in [4.78, 5) is 30.7. The van der Waals surface area contributed by atoms with Crippen molar-refractivity contribution >= 4 is 46.4 Å². The molecule has 0 saturated carbocycles. The number of carboxylic acid groups (broad SMARTS) is 1. The SMILES string of the molecule is Cc1cc([C@@H]2[C@H](c3ccccn3)NC(=S)N2c2ccc(Sc3ccc([N+](=O)[O-])cc3)cc2)c(C)n1-c1ccc(C(=O)O)cc1. The highest BCUT2D eigenvalue weighted by atomic mass is 32.2. The number of carboxylic acids is 1. The van der Waals surface area contributed by atoms with Gasteiger partial charge >= 0.3 is 5.97 Å². The smallest absolute Gasteiger partial charge is 0.335 e. The molecule has 1 fully saturated rings. The third kappa shape index (κ3) is 5.54. The molecule has 9 nitrogen and oxygen atoms in total. The van der Waals surface area contributed by atoms with Gasteiger partial charge in [-0.15, -0.1) is 0 Å². The van der Waals surface area contributed by atoms with Crippen LogP contribution in [0.2, 0.25) is 0 Å². The molecule has 1 aliphatic rings. The molecule has 0 amide bonds. The molecule has 44 heavy (non-hydrogen) atoms. The zero-order valence-electron chi connectivity index (χ0n) is 23.7. The molecule has 3 heterocycles. The van der Waals surface area contributed by atoms with E-state index in [1.54, 1.807) is 30.5 Å². The van der Waals surface area contributed by atoms with Gasteiger partial charge in [0.2, 0.25) is 0 Å². The number of aryl methyl sites for hydroxylation is 1. The van der Waals surface area contributed by atoms with Gasteiger partial charge in [-0.1, -0.05) is 17.8 Å². The Morgan fingerprint density at radius 3 is 2.18 bits per heavy atom. The second-order valence-electron chi connectivity index (χ2n) is 10.4. The summed E-state index contributed by atoms with van der Waals surface area (Å²) in [6.45, 7) is 4.10.